The first kappa shape index (κ1) is 19.8. The molecule has 0 spiro atoms. The third-order valence-electron chi connectivity index (χ3n) is 5.81. The molecular formula is C19H26F2N6O2. The number of hydrogen-bond acceptors (Lipinski definition) is 6. The van der Waals surface area contributed by atoms with Crippen LogP contribution >= 0.6 is 0 Å². The van der Waals surface area contributed by atoms with E-state index in [1.807, 2.05) is 25.7 Å². The number of halogens is 2. The summed E-state index contributed by atoms with van der Waals surface area (Å²) in [6.07, 6.45) is 2.07. The number of rotatable bonds is 4. The van der Waals surface area contributed by atoms with Crippen molar-refractivity contribution in [1.82, 2.24) is 19.3 Å². The average molecular weight is 408 g/mol. The molecule has 0 N–H and O–H groups in total. The lowest BCUT2D eigenvalue weighted by Crippen LogP contribution is -2.52. The van der Waals surface area contributed by atoms with Gasteiger partial charge in [-0.3, -0.25) is 9.36 Å². The van der Waals surface area contributed by atoms with Crippen molar-refractivity contribution in [3.05, 3.63) is 34.4 Å². The monoisotopic (exact) mass is 408 g/mol. The Bertz CT molecular complexity index is 941. The fourth-order valence-corrected chi connectivity index (χ4v) is 3.99. The van der Waals surface area contributed by atoms with Crippen LogP contribution in [-0.4, -0.2) is 50.7 Å². The molecule has 2 aromatic heterocycles. The van der Waals surface area contributed by atoms with Gasteiger partial charge in [-0.2, -0.15) is 18.9 Å². The van der Waals surface area contributed by atoms with Crippen molar-refractivity contribution in [3.63, 3.8) is 0 Å². The van der Waals surface area contributed by atoms with Crippen LogP contribution in [0.15, 0.2) is 23.1 Å². The van der Waals surface area contributed by atoms with Crippen LogP contribution in [0.1, 0.15) is 39.4 Å². The highest BCUT2D eigenvalue weighted by Crippen LogP contribution is 2.33. The molecule has 1 saturated heterocycles. The second-order valence-electron chi connectivity index (χ2n) is 8.21. The third-order valence-corrected chi connectivity index (χ3v) is 5.81. The van der Waals surface area contributed by atoms with Gasteiger partial charge in [-0.15, -0.1) is 0 Å². The summed E-state index contributed by atoms with van der Waals surface area (Å²) in [7, 11) is 0. The first-order valence-corrected chi connectivity index (χ1v) is 9.82. The lowest BCUT2D eigenvalue weighted by atomic mass is 9.96. The third kappa shape index (κ3) is 3.61. The number of ether oxygens (including phenoxy) is 1. The summed E-state index contributed by atoms with van der Waals surface area (Å²) < 4.78 is 34.5. The summed E-state index contributed by atoms with van der Waals surface area (Å²) in [5, 5.41) is 3.73. The largest absolute Gasteiger partial charge is 0.377 e. The van der Waals surface area contributed by atoms with Crippen LogP contribution in [0.2, 0.25) is 0 Å². The van der Waals surface area contributed by atoms with E-state index in [1.54, 1.807) is 16.7 Å². The van der Waals surface area contributed by atoms with Gasteiger partial charge in [-0.05, 0) is 33.3 Å². The van der Waals surface area contributed by atoms with E-state index < -0.39 is 6.55 Å². The molecule has 4 rings (SSSR count). The van der Waals surface area contributed by atoms with Gasteiger partial charge in [0.2, 0.25) is 5.95 Å². The van der Waals surface area contributed by atoms with Crippen LogP contribution in [0.5, 0.6) is 0 Å². The van der Waals surface area contributed by atoms with Gasteiger partial charge in [0.05, 0.1) is 31.5 Å². The average Bonchev–Trinajstić information content (AvgIpc) is 3.13. The van der Waals surface area contributed by atoms with E-state index in [4.69, 9.17) is 9.72 Å². The maximum Gasteiger partial charge on any atom is 0.333 e. The molecule has 4 heterocycles. The van der Waals surface area contributed by atoms with Crippen LogP contribution < -0.4 is 15.4 Å². The van der Waals surface area contributed by atoms with Gasteiger partial charge in [-0.1, -0.05) is 0 Å². The molecule has 8 nitrogen and oxygen atoms in total. The highest BCUT2D eigenvalue weighted by Gasteiger charge is 2.36. The fraction of sp³-hybridized carbons (Fsp3) is 0.632. The van der Waals surface area contributed by atoms with E-state index in [2.05, 4.69) is 10.00 Å². The van der Waals surface area contributed by atoms with Gasteiger partial charge in [0.15, 0.2) is 0 Å². The summed E-state index contributed by atoms with van der Waals surface area (Å²) in [5.41, 5.74) is -0.112. The summed E-state index contributed by atoms with van der Waals surface area (Å²) in [4.78, 5) is 21.7. The zero-order valence-corrected chi connectivity index (χ0v) is 16.9. The standard InChI is InChI=1S/C19H26F2N6O2/c1-13-12-29-9-8-24(13)15-10-16(28)25-7-5-19(2,3)26(18(25)23-15)11-14-4-6-22-27(14)17(20)21/h4,6,10,13,17H,5,7-9,11-12H2,1-3H3/t13-/m1/s1. The van der Waals surface area contributed by atoms with Gasteiger partial charge >= 0.3 is 6.55 Å². The van der Waals surface area contributed by atoms with Gasteiger partial charge < -0.3 is 14.5 Å². The Balaban J connectivity index is 1.77. The van der Waals surface area contributed by atoms with Crippen molar-refractivity contribution in [2.45, 2.75) is 58.4 Å². The molecule has 0 unspecified atom stereocenters. The van der Waals surface area contributed by atoms with E-state index in [1.165, 1.54) is 6.20 Å². The number of anilines is 2. The minimum absolute atomic E-state index is 0.101. The normalized spacial score (nSPS) is 21.5. The van der Waals surface area contributed by atoms with E-state index in [9.17, 15) is 13.6 Å². The Morgan fingerprint density at radius 2 is 2.14 bits per heavy atom. The molecule has 2 aromatic rings. The van der Waals surface area contributed by atoms with Crippen molar-refractivity contribution in [2.24, 2.45) is 0 Å². The summed E-state index contributed by atoms with van der Waals surface area (Å²) >= 11 is 0. The highest BCUT2D eigenvalue weighted by molar-refractivity contribution is 5.48. The highest BCUT2D eigenvalue weighted by atomic mass is 19.3. The smallest absolute Gasteiger partial charge is 0.333 e. The lowest BCUT2D eigenvalue weighted by Gasteiger charge is -2.45. The fourth-order valence-electron chi connectivity index (χ4n) is 3.99. The number of aromatic nitrogens is 4. The molecule has 2 aliphatic rings. The maximum absolute atomic E-state index is 13.3. The lowest BCUT2D eigenvalue weighted by molar-refractivity contribution is 0.0531. The molecule has 29 heavy (non-hydrogen) atoms. The van der Waals surface area contributed by atoms with Crippen LogP contribution in [-0.2, 0) is 17.8 Å². The quantitative estimate of drug-likeness (QED) is 0.773. The van der Waals surface area contributed by atoms with Gasteiger partial charge in [0.25, 0.3) is 5.56 Å². The predicted molar refractivity (Wildman–Crippen MR) is 104 cm³/mol. The molecule has 10 heteroatoms. The zero-order valence-electron chi connectivity index (χ0n) is 16.9. The number of morpholine rings is 1. The van der Waals surface area contributed by atoms with Gasteiger partial charge in [0.1, 0.15) is 5.82 Å². The number of fused-ring (bicyclic) bond motifs is 1. The predicted octanol–water partition coefficient (Wildman–Crippen LogP) is 2.25. The van der Waals surface area contributed by atoms with Crippen molar-refractivity contribution in [1.29, 1.82) is 0 Å². The van der Waals surface area contributed by atoms with E-state index in [0.29, 0.717) is 54.9 Å². The molecule has 0 aromatic carbocycles. The molecule has 1 atom stereocenters. The molecular weight excluding hydrogens is 382 g/mol. The molecule has 0 radical (unpaired) electrons. The van der Waals surface area contributed by atoms with Crippen LogP contribution in [0.25, 0.3) is 0 Å². The Morgan fingerprint density at radius 1 is 1.34 bits per heavy atom. The van der Waals surface area contributed by atoms with Crippen LogP contribution in [0.4, 0.5) is 20.5 Å². The molecule has 0 bridgehead atoms. The topological polar surface area (TPSA) is 68.4 Å². The second-order valence-corrected chi connectivity index (χ2v) is 8.21. The number of hydrogen-bond donors (Lipinski definition) is 0. The van der Waals surface area contributed by atoms with Crippen molar-refractivity contribution in [3.8, 4) is 0 Å². The van der Waals surface area contributed by atoms with E-state index in [-0.39, 0.29) is 23.7 Å². The first-order chi connectivity index (χ1) is 13.8. The van der Waals surface area contributed by atoms with Gasteiger partial charge in [-0.25, -0.2) is 4.68 Å². The zero-order chi connectivity index (χ0) is 20.8. The summed E-state index contributed by atoms with van der Waals surface area (Å²) in [6, 6.07) is 3.24. The second kappa shape index (κ2) is 7.40. The van der Waals surface area contributed by atoms with Crippen molar-refractivity contribution >= 4 is 11.8 Å². The molecule has 2 aliphatic heterocycles. The minimum Gasteiger partial charge on any atom is -0.377 e. The summed E-state index contributed by atoms with van der Waals surface area (Å²) in [5.74, 6) is 1.10. The van der Waals surface area contributed by atoms with Crippen molar-refractivity contribution < 1.29 is 13.5 Å². The Morgan fingerprint density at radius 3 is 2.86 bits per heavy atom. The molecule has 1 fully saturated rings. The minimum atomic E-state index is -2.72. The van der Waals surface area contributed by atoms with Crippen LogP contribution in [0, 0.1) is 0 Å². The van der Waals surface area contributed by atoms with E-state index in [0.717, 1.165) is 0 Å². The van der Waals surface area contributed by atoms with Gasteiger partial charge in [0, 0.05) is 30.9 Å². The Kier molecular flexibility index (Phi) is 5.05. The van der Waals surface area contributed by atoms with Crippen molar-refractivity contribution in [2.75, 3.05) is 29.6 Å². The maximum atomic E-state index is 13.3. The Hall–Kier alpha value is -2.49. The first-order valence-electron chi connectivity index (χ1n) is 9.82. The van der Waals surface area contributed by atoms with Crippen LogP contribution in [0.3, 0.4) is 0 Å². The molecule has 0 aliphatic carbocycles. The molecule has 0 saturated carbocycles. The molecule has 158 valence electrons. The SMILES string of the molecule is C[C@@H]1COCCN1c1cc(=O)n2c(n1)N(Cc1ccnn1C(F)F)C(C)(C)CC2. The Labute approximate surface area is 167 Å². The molecule has 0 amide bonds. The summed E-state index contributed by atoms with van der Waals surface area (Å²) in [6.45, 7) is 5.91. The number of nitrogens with zero attached hydrogens (tertiary/aromatic N) is 6. The van der Waals surface area contributed by atoms with E-state index >= 15 is 0 Å². The number of alkyl halides is 2.